The van der Waals surface area contributed by atoms with Crippen molar-refractivity contribution >= 4 is 22.3 Å². The maximum absolute atomic E-state index is 12.1. The van der Waals surface area contributed by atoms with Gasteiger partial charge in [0.2, 0.25) is 0 Å². The summed E-state index contributed by atoms with van der Waals surface area (Å²) in [5, 5.41) is 139. The topological polar surface area (TPSA) is 420 Å². The van der Waals surface area contributed by atoms with Crippen molar-refractivity contribution in [3.63, 3.8) is 0 Å². The molecule has 0 aliphatic heterocycles. The summed E-state index contributed by atoms with van der Waals surface area (Å²) in [5.74, 6) is -2.23. The molecule has 17 atom stereocenters. The Morgan fingerprint density at radius 2 is 1.02 bits per heavy atom. The minimum Gasteiger partial charge on any atom is -0.478 e. The van der Waals surface area contributed by atoms with Crippen molar-refractivity contribution in [2.45, 2.75) is 216 Å². The fourth-order valence-corrected chi connectivity index (χ4v) is 10.3. The summed E-state index contributed by atoms with van der Waals surface area (Å²) < 4.78 is 39.2. The van der Waals surface area contributed by atoms with Gasteiger partial charge in [-0.15, -0.1) is 0 Å². The molecule has 93 heavy (non-hydrogen) atoms. The van der Waals surface area contributed by atoms with Crippen molar-refractivity contribution in [2.24, 2.45) is 34.2 Å². The number of nitrogens with one attached hydrogen (secondary N) is 1. The summed E-state index contributed by atoms with van der Waals surface area (Å²) in [5.41, 5.74) is 11.7. The number of carboxylic acids is 1. The molecule has 0 amide bonds. The molecule has 1 aromatic carbocycles. The number of carboxylic acid groups (broad SMARTS) is 1. The first-order valence-electron chi connectivity index (χ1n) is 31.9. The molecular formula is C70H110N4O18S. The molecule has 23 heteroatoms. The van der Waals surface area contributed by atoms with Crippen molar-refractivity contribution < 1.29 is 88.3 Å². The van der Waals surface area contributed by atoms with E-state index in [1.807, 2.05) is 61.6 Å². The van der Waals surface area contributed by atoms with Crippen molar-refractivity contribution in [3.05, 3.63) is 181 Å². The number of nitrogens with zero attached hydrogens (tertiary/aromatic N) is 1. The van der Waals surface area contributed by atoms with Gasteiger partial charge in [-0.3, -0.25) is 9.55 Å². The van der Waals surface area contributed by atoms with Crippen molar-refractivity contribution in [3.8, 4) is 0 Å². The number of allylic oxidation sites excluding steroid dienone is 16. The molecule has 0 fully saturated rings. The number of aliphatic hydroxyl groups is 12. The van der Waals surface area contributed by atoms with Crippen LogP contribution in [0.4, 0.5) is 0 Å². The lowest BCUT2D eigenvalue weighted by atomic mass is 9.88. The van der Waals surface area contributed by atoms with Crippen LogP contribution in [0.1, 0.15) is 130 Å². The molecule has 0 bridgehead atoms. The number of benzene rings is 1. The second kappa shape index (κ2) is 50.6. The first-order valence-corrected chi connectivity index (χ1v) is 33.3. The maximum atomic E-state index is 12.1. The SMILES string of the molecule is CC(=CC=CC=CCCC=CC(C)C(O)C(C)C(O)C=CC=CC=CC=CC=CC=CCC(OS(=O)(=O)O)C(C)C(CC(O)CC(O)C=CCC(O)CC(O)CC(O)C=CCC(O)CC(O)CC(O)CC(O)CC(O)CCCN=C(N)N)NCc1ccccc1)C(=O)O. The minimum atomic E-state index is -4.91. The van der Waals surface area contributed by atoms with E-state index < -0.39 is 114 Å². The molecule has 19 N–H and O–H groups in total. The number of aliphatic imine (C=N–C) groups is 1. The number of unbranched alkanes of at least 4 members (excludes halogenated alkanes) is 1. The lowest BCUT2D eigenvalue weighted by Gasteiger charge is -2.32. The number of nitrogens with two attached hydrogens (primary N) is 2. The number of rotatable bonds is 51. The number of hydrogen-bond donors (Lipinski definition) is 17. The molecule has 0 aromatic heterocycles. The first kappa shape index (κ1) is 85.2. The van der Waals surface area contributed by atoms with E-state index in [2.05, 4.69) is 10.3 Å². The molecule has 0 spiro atoms. The molecule has 0 aliphatic carbocycles. The van der Waals surface area contributed by atoms with Crippen LogP contribution in [0.15, 0.2) is 181 Å². The Labute approximate surface area is 551 Å². The van der Waals surface area contributed by atoms with Gasteiger partial charge in [0.15, 0.2) is 5.96 Å². The van der Waals surface area contributed by atoms with E-state index in [4.69, 9.17) is 20.8 Å². The van der Waals surface area contributed by atoms with Crippen molar-refractivity contribution in [2.75, 3.05) is 6.54 Å². The molecule has 0 radical (unpaired) electrons. The fraction of sp³-hybridized carbons (Fsp3) is 0.543. The summed E-state index contributed by atoms with van der Waals surface area (Å²) in [6, 6.07) is 8.79. The van der Waals surface area contributed by atoms with Crippen LogP contribution in [-0.4, -0.2) is 183 Å². The summed E-state index contributed by atoms with van der Waals surface area (Å²) in [4.78, 5) is 14.7. The second-order valence-electron chi connectivity index (χ2n) is 23.7. The smallest absolute Gasteiger partial charge is 0.397 e. The van der Waals surface area contributed by atoms with Gasteiger partial charge in [-0.2, -0.15) is 8.42 Å². The quantitative estimate of drug-likeness (QED) is 0.00692. The molecule has 524 valence electrons. The van der Waals surface area contributed by atoms with E-state index in [0.29, 0.717) is 25.9 Å². The molecule has 0 saturated heterocycles. The zero-order valence-corrected chi connectivity index (χ0v) is 55.2. The highest BCUT2D eigenvalue weighted by Crippen LogP contribution is 2.25. The predicted molar refractivity (Wildman–Crippen MR) is 365 cm³/mol. The van der Waals surface area contributed by atoms with Gasteiger partial charge < -0.3 is 83.2 Å². The Morgan fingerprint density at radius 1 is 0.548 bits per heavy atom. The highest BCUT2D eigenvalue weighted by atomic mass is 32.3. The summed E-state index contributed by atoms with van der Waals surface area (Å²) in [6.45, 7) is 7.61. The number of carbonyl (C=O) groups is 1. The molecule has 0 aliphatic rings. The van der Waals surface area contributed by atoms with Crippen molar-refractivity contribution in [1.82, 2.24) is 5.32 Å². The lowest BCUT2D eigenvalue weighted by molar-refractivity contribution is -0.132. The van der Waals surface area contributed by atoms with Crippen LogP contribution in [0, 0.1) is 17.8 Å². The molecule has 0 heterocycles. The molecule has 1 rings (SSSR count). The van der Waals surface area contributed by atoms with Crippen LogP contribution in [0.2, 0.25) is 0 Å². The van der Waals surface area contributed by atoms with E-state index >= 15 is 0 Å². The Morgan fingerprint density at radius 3 is 1.56 bits per heavy atom. The molecule has 1 aromatic rings. The van der Waals surface area contributed by atoms with Crippen LogP contribution in [0.3, 0.4) is 0 Å². The van der Waals surface area contributed by atoms with E-state index in [0.717, 1.165) is 18.4 Å². The Bertz CT molecular complexity index is 2690. The van der Waals surface area contributed by atoms with Gasteiger partial charge in [0.1, 0.15) is 0 Å². The first-order chi connectivity index (χ1) is 44.1. The summed E-state index contributed by atoms with van der Waals surface area (Å²) in [7, 11) is -4.91. The molecule has 22 nitrogen and oxygen atoms in total. The number of hydrogen-bond acceptors (Lipinski definition) is 18. The van der Waals surface area contributed by atoms with E-state index in [1.54, 1.807) is 98.9 Å². The van der Waals surface area contributed by atoms with Gasteiger partial charge in [0, 0.05) is 49.4 Å². The zero-order valence-electron chi connectivity index (χ0n) is 54.4. The van der Waals surface area contributed by atoms with Crippen LogP contribution in [-0.2, 0) is 25.9 Å². The van der Waals surface area contributed by atoms with Gasteiger partial charge >= 0.3 is 16.4 Å². The largest absolute Gasteiger partial charge is 0.478 e. The fourth-order valence-electron chi connectivity index (χ4n) is 9.74. The Hall–Kier alpha value is -5.81. The van der Waals surface area contributed by atoms with Crippen LogP contribution < -0.4 is 16.8 Å². The molecule has 0 saturated carbocycles. The average Bonchev–Trinajstić information content (AvgIpc) is 1.10. The number of aliphatic hydroxyl groups excluding tert-OH is 12. The highest BCUT2D eigenvalue weighted by molar-refractivity contribution is 7.80. The zero-order chi connectivity index (χ0) is 69.6. The monoisotopic (exact) mass is 1330 g/mol. The Kier molecular flexibility index (Phi) is 46.4. The molecular weight excluding hydrogens is 1220 g/mol. The third-order valence-corrected chi connectivity index (χ3v) is 15.6. The third kappa shape index (κ3) is 46.0. The second-order valence-corrected chi connectivity index (χ2v) is 24.7. The third-order valence-electron chi connectivity index (χ3n) is 15.1. The highest BCUT2D eigenvalue weighted by Gasteiger charge is 2.31. The number of aliphatic carboxylic acids is 1. The minimum absolute atomic E-state index is 0.0197. The van der Waals surface area contributed by atoms with E-state index in [1.165, 1.54) is 37.3 Å². The average molecular weight is 1330 g/mol. The van der Waals surface area contributed by atoms with Crippen molar-refractivity contribution in [1.29, 1.82) is 0 Å². The molecule has 17 unspecified atom stereocenters. The lowest BCUT2D eigenvalue weighted by Crippen LogP contribution is -2.44. The van der Waals surface area contributed by atoms with E-state index in [9.17, 15) is 79.0 Å². The summed E-state index contributed by atoms with van der Waals surface area (Å²) in [6.07, 6.45) is 28.0. The van der Waals surface area contributed by atoms with Crippen LogP contribution in [0.5, 0.6) is 0 Å². The van der Waals surface area contributed by atoms with Gasteiger partial charge in [-0.1, -0.05) is 191 Å². The van der Waals surface area contributed by atoms with Gasteiger partial charge in [-0.05, 0) is 102 Å². The van der Waals surface area contributed by atoms with Gasteiger partial charge in [0.05, 0.1) is 79.4 Å². The van der Waals surface area contributed by atoms with Gasteiger partial charge in [0.25, 0.3) is 0 Å². The van der Waals surface area contributed by atoms with Gasteiger partial charge in [-0.25, -0.2) is 8.98 Å². The predicted octanol–water partition coefficient (Wildman–Crippen LogP) is 5.85. The standard InChI is InChI=1S/C70H110N4O18S/c1-50(29-20-15-11-10-12-16-21-30-51(2)69(87)88)68(86)53(4)66(85)38-24-17-13-8-6-5-7-9-14-18-25-39-67(92-93(89,90)91)52(3)65(74-49-54-31-22-19-23-32-54)48-64(84)45-58(78)36-27-34-56(76)42-60(80)41-55(75)33-26-35-57(77)43-61(81)46-63(83)47-62(82)44-59(79)37-28-40-73-70(71)72/h5-10,12-14,16-27,29-33,36,38,50,52-53,55-68,74-86H,11,15,28,34-35,37,39-49H2,1-4H3,(H,87,88)(H4,71,72,73)(H,89,90,91). The van der Waals surface area contributed by atoms with Crippen LogP contribution in [0.25, 0.3) is 0 Å². The normalized spacial score (nSPS) is 19.0. The van der Waals surface area contributed by atoms with E-state index in [-0.39, 0.29) is 88.1 Å². The number of guanidine groups is 1. The van der Waals surface area contributed by atoms with Crippen LogP contribution >= 0.6 is 0 Å². The maximum Gasteiger partial charge on any atom is 0.397 e. The Balaban J connectivity index is 2.71. The summed E-state index contributed by atoms with van der Waals surface area (Å²) >= 11 is 0.